The number of amides is 1. The predicted octanol–water partition coefficient (Wildman–Crippen LogP) is -0.790. The fraction of sp³-hybridized carbons (Fsp3) is 0.417. The molecule has 190 valence electrons. The van der Waals surface area contributed by atoms with Crippen LogP contribution < -0.4 is 20.7 Å². The number of imidazole rings is 1. The minimum absolute atomic E-state index is 0.165. The van der Waals surface area contributed by atoms with Crippen molar-refractivity contribution in [3.05, 3.63) is 42.5 Å². The lowest BCUT2D eigenvalue weighted by Crippen LogP contribution is -2.53. The van der Waals surface area contributed by atoms with E-state index in [2.05, 4.69) is 26.2 Å². The van der Waals surface area contributed by atoms with E-state index in [1.54, 1.807) is 33.7 Å². The van der Waals surface area contributed by atoms with Crippen LogP contribution in [0.1, 0.15) is 11.8 Å². The Morgan fingerprint density at radius 3 is 2.75 bits per heavy atom. The number of carbonyl (C=O) groups is 1. The highest BCUT2D eigenvalue weighted by molar-refractivity contribution is 5.83. The molecule has 2 unspecified atom stereocenters. The number of nitrogens with two attached hydrogens (primary N) is 1. The molecule has 12 nitrogen and oxygen atoms in total. The van der Waals surface area contributed by atoms with Crippen LogP contribution in [0, 0.1) is 12.3 Å². The molecule has 0 radical (unpaired) electrons. The largest absolute Gasteiger partial charge is 0.481 e. The number of nitrogens with one attached hydrogen (secondary N) is 1. The molecule has 36 heavy (non-hydrogen) atoms. The van der Waals surface area contributed by atoms with Gasteiger partial charge in [-0.1, -0.05) is 18.1 Å². The SMILES string of the molecule is C#CCOc1ccc(CC(N)C(=O)NC2[C@@H](CO)O[C@@H](n3cnc4c(N(C)C)ncnc43)[C@H]2O)cc1. The van der Waals surface area contributed by atoms with Gasteiger partial charge in [0.25, 0.3) is 0 Å². The monoisotopic (exact) mass is 495 g/mol. The van der Waals surface area contributed by atoms with E-state index in [1.165, 1.54) is 12.7 Å². The van der Waals surface area contributed by atoms with Gasteiger partial charge in [-0.3, -0.25) is 9.36 Å². The molecule has 3 aromatic rings. The molecule has 5 atom stereocenters. The minimum atomic E-state index is -1.19. The van der Waals surface area contributed by atoms with Gasteiger partial charge in [-0.05, 0) is 24.1 Å². The van der Waals surface area contributed by atoms with Crippen molar-refractivity contribution < 1.29 is 24.5 Å². The molecule has 1 aliphatic heterocycles. The molecule has 0 spiro atoms. The Labute approximate surface area is 208 Å². The van der Waals surface area contributed by atoms with Crippen LogP contribution in [0.4, 0.5) is 5.82 Å². The van der Waals surface area contributed by atoms with Gasteiger partial charge in [0, 0.05) is 14.1 Å². The molecule has 4 rings (SSSR count). The summed E-state index contributed by atoms with van der Waals surface area (Å²) in [5, 5.41) is 23.7. The maximum absolute atomic E-state index is 12.9. The first-order valence-electron chi connectivity index (χ1n) is 11.3. The Morgan fingerprint density at radius 2 is 2.08 bits per heavy atom. The number of fused-ring (bicyclic) bond motifs is 1. The minimum Gasteiger partial charge on any atom is -0.481 e. The Morgan fingerprint density at radius 1 is 1.33 bits per heavy atom. The number of anilines is 1. The standard InChI is InChI=1S/C24H29N7O5/c1-4-9-35-15-7-5-14(6-8-15)10-16(25)23(34)29-18-17(11-32)36-24(20(18)33)31-13-28-19-21(30(2)3)26-12-27-22(19)31/h1,5-8,12-13,16-18,20,24,32-33H,9-11,25H2,2-3H3,(H,29,34)/t16?,17-,18?,20+,24-/m1/s1. The number of aliphatic hydroxyl groups is 2. The third kappa shape index (κ3) is 5.09. The second-order valence-electron chi connectivity index (χ2n) is 8.64. The van der Waals surface area contributed by atoms with Crippen LogP contribution in [0.25, 0.3) is 11.2 Å². The van der Waals surface area contributed by atoms with Crippen LogP contribution in [0.2, 0.25) is 0 Å². The first-order chi connectivity index (χ1) is 17.3. The summed E-state index contributed by atoms with van der Waals surface area (Å²) in [6, 6.07) is 5.31. The van der Waals surface area contributed by atoms with Gasteiger partial charge < -0.3 is 35.6 Å². The highest BCUT2D eigenvalue weighted by Crippen LogP contribution is 2.32. The first-order valence-corrected chi connectivity index (χ1v) is 11.3. The van der Waals surface area contributed by atoms with Gasteiger partial charge in [0.1, 0.15) is 30.9 Å². The molecule has 1 saturated heterocycles. The molecule has 5 N–H and O–H groups in total. The number of hydrogen-bond acceptors (Lipinski definition) is 10. The number of aromatic nitrogens is 4. The normalized spacial score (nSPS) is 22.2. The molecule has 2 aromatic heterocycles. The number of carbonyl (C=O) groups excluding carboxylic acids is 1. The molecule has 0 aliphatic carbocycles. The van der Waals surface area contributed by atoms with Crippen molar-refractivity contribution in [2.75, 3.05) is 32.2 Å². The lowest BCUT2D eigenvalue weighted by molar-refractivity contribution is -0.124. The second-order valence-corrected chi connectivity index (χ2v) is 8.64. The van der Waals surface area contributed by atoms with Crippen LogP contribution in [0.15, 0.2) is 36.9 Å². The maximum atomic E-state index is 12.9. The van der Waals surface area contributed by atoms with Crippen molar-refractivity contribution in [1.29, 1.82) is 0 Å². The van der Waals surface area contributed by atoms with Crippen LogP contribution >= 0.6 is 0 Å². The van der Waals surface area contributed by atoms with Gasteiger partial charge in [-0.25, -0.2) is 15.0 Å². The summed E-state index contributed by atoms with van der Waals surface area (Å²) in [6.07, 6.45) is 5.34. The zero-order valence-corrected chi connectivity index (χ0v) is 20.0. The number of hydrogen-bond donors (Lipinski definition) is 4. The third-order valence-corrected chi connectivity index (χ3v) is 5.94. The summed E-state index contributed by atoms with van der Waals surface area (Å²) >= 11 is 0. The lowest BCUT2D eigenvalue weighted by atomic mass is 10.0. The number of benzene rings is 1. The average molecular weight is 496 g/mol. The lowest BCUT2D eigenvalue weighted by Gasteiger charge is -2.23. The van der Waals surface area contributed by atoms with Gasteiger partial charge in [-0.2, -0.15) is 0 Å². The molecule has 1 amide bonds. The van der Waals surface area contributed by atoms with Crippen LogP contribution in [0.3, 0.4) is 0 Å². The fourth-order valence-electron chi connectivity index (χ4n) is 4.12. The van der Waals surface area contributed by atoms with E-state index in [9.17, 15) is 15.0 Å². The smallest absolute Gasteiger partial charge is 0.237 e. The molecular weight excluding hydrogens is 466 g/mol. The summed E-state index contributed by atoms with van der Waals surface area (Å²) in [7, 11) is 3.67. The Bertz CT molecular complexity index is 1240. The summed E-state index contributed by atoms with van der Waals surface area (Å²) in [4.78, 5) is 27.5. The molecule has 1 aromatic carbocycles. The summed E-state index contributed by atoms with van der Waals surface area (Å²) < 4.78 is 12.8. The van der Waals surface area contributed by atoms with Crippen molar-refractivity contribution in [3.8, 4) is 18.1 Å². The van der Waals surface area contributed by atoms with Crippen molar-refractivity contribution in [1.82, 2.24) is 24.8 Å². The van der Waals surface area contributed by atoms with Gasteiger partial charge in [-0.15, -0.1) is 6.42 Å². The predicted molar refractivity (Wildman–Crippen MR) is 131 cm³/mol. The van der Waals surface area contributed by atoms with Gasteiger partial charge in [0.05, 0.1) is 25.0 Å². The number of terminal acetylenes is 1. The number of aliphatic hydroxyl groups excluding tert-OH is 2. The van der Waals surface area contributed by atoms with Crippen molar-refractivity contribution in [3.63, 3.8) is 0 Å². The van der Waals surface area contributed by atoms with Gasteiger partial charge >= 0.3 is 0 Å². The quantitative estimate of drug-likeness (QED) is 0.277. The number of rotatable bonds is 9. The Kier molecular flexibility index (Phi) is 7.66. The molecule has 0 bridgehead atoms. The van der Waals surface area contributed by atoms with Crippen molar-refractivity contribution in [2.24, 2.45) is 5.73 Å². The number of ether oxygens (including phenoxy) is 2. The van der Waals surface area contributed by atoms with E-state index in [4.69, 9.17) is 21.6 Å². The van der Waals surface area contributed by atoms with Crippen LogP contribution in [0.5, 0.6) is 5.75 Å². The zero-order chi connectivity index (χ0) is 25.8. The zero-order valence-electron chi connectivity index (χ0n) is 20.0. The summed E-state index contributed by atoms with van der Waals surface area (Å²) in [6.45, 7) is -0.254. The number of nitrogens with zero attached hydrogens (tertiary/aromatic N) is 5. The molecule has 1 aliphatic rings. The average Bonchev–Trinajstić information content (AvgIpc) is 3.44. The van der Waals surface area contributed by atoms with Crippen molar-refractivity contribution in [2.45, 2.75) is 36.9 Å². The highest BCUT2D eigenvalue weighted by atomic mass is 16.5. The maximum Gasteiger partial charge on any atom is 0.237 e. The van der Waals surface area contributed by atoms with Crippen LogP contribution in [-0.4, -0.2) is 87.2 Å². The molecule has 1 fully saturated rings. The van der Waals surface area contributed by atoms with E-state index in [-0.39, 0.29) is 13.0 Å². The summed E-state index contributed by atoms with van der Waals surface area (Å²) in [5.41, 5.74) is 7.94. The third-order valence-electron chi connectivity index (χ3n) is 5.94. The van der Waals surface area contributed by atoms with E-state index in [1.807, 2.05) is 14.1 Å². The van der Waals surface area contributed by atoms with E-state index < -0.39 is 43.0 Å². The second kappa shape index (κ2) is 10.9. The molecule has 3 heterocycles. The molecule has 0 saturated carbocycles. The molecular formula is C24H29N7O5. The van der Waals surface area contributed by atoms with E-state index in [0.29, 0.717) is 22.7 Å². The van der Waals surface area contributed by atoms with Crippen molar-refractivity contribution >= 4 is 22.9 Å². The van der Waals surface area contributed by atoms with Gasteiger partial charge in [0.2, 0.25) is 5.91 Å². The van der Waals surface area contributed by atoms with E-state index in [0.717, 1.165) is 5.56 Å². The topological polar surface area (TPSA) is 161 Å². The highest BCUT2D eigenvalue weighted by Gasteiger charge is 2.46. The van der Waals surface area contributed by atoms with E-state index >= 15 is 0 Å². The Hall–Kier alpha value is -3.76. The van der Waals surface area contributed by atoms with Gasteiger partial charge in [0.15, 0.2) is 23.2 Å². The summed E-state index contributed by atoms with van der Waals surface area (Å²) in [5.74, 6) is 3.14. The van der Waals surface area contributed by atoms with Crippen LogP contribution in [-0.2, 0) is 16.0 Å². The first kappa shape index (κ1) is 25.3. The molecule has 12 heteroatoms. The Balaban J connectivity index is 1.45. The fourth-order valence-corrected chi connectivity index (χ4v) is 4.12.